The van der Waals surface area contributed by atoms with Gasteiger partial charge in [0.15, 0.2) is 0 Å². The summed E-state index contributed by atoms with van der Waals surface area (Å²) in [7, 11) is -0.0673. The van der Waals surface area contributed by atoms with Crippen LogP contribution in [-0.2, 0) is 22.0 Å². The molecule has 1 aliphatic rings. The summed E-state index contributed by atoms with van der Waals surface area (Å²) < 4.78 is 35.8. The molecule has 0 amide bonds. The first kappa shape index (κ1) is 15.3. The molecular formula is C12H22N4O3S. The van der Waals surface area contributed by atoms with Crippen LogP contribution in [0.25, 0.3) is 0 Å². The van der Waals surface area contributed by atoms with Gasteiger partial charge in [0.05, 0.1) is 23.2 Å². The Kier molecular flexibility index (Phi) is 4.36. The van der Waals surface area contributed by atoms with Crippen LogP contribution in [-0.4, -0.2) is 48.8 Å². The van der Waals surface area contributed by atoms with E-state index in [0.717, 1.165) is 18.5 Å². The monoisotopic (exact) mass is 302 g/mol. The minimum absolute atomic E-state index is 0.156. The van der Waals surface area contributed by atoms with Gasteiger partial charge in [0, 0.05) is 27.2 Å². The van der Waals surface area contributed by atoms with E-state index >= 15 is 0 Å². The van der Waals surface area contributed by atoms with Crippen LogP contribution in [0, 0.1) is 13.8 Å². The van der Waals surface area contributed by atoms with E-state index in [1.54, 1.807) is 25.8 Å². The fourth-order valence-electron chi connectivity index (χ4n) is 2.42. The lowest BCUT2D eigenvalue weighted by Gasteiger charge is -2.30. The quantitative estimate of drug-likeness (QED) is 0.893. The molecule has 0 spiro atoms. The number of piperidine rings is 1. The van der Waals surface area contributed by atoms with Crippen molar-refractivity contribution in [2.45, 2.75) is 32.8 Å². The summed E-state index contributed by atoms with van der Waals surface area (Å²) in [5.41, 5.74) is 2.06. The zero-order chi connectivity index (χ0) is 14.9. The van der Waals surface area contributed by atoms with Crippen molar-refractivity contribution in [1.82, 2.24) is 14.1 Å². The van der Waals surface area contributed by atoms with E-state index < -0.39 is 10.2 Å². The zero-order valence-electron chi connectivity index (χ0n) is 12.4. The van der Waals surface area contributed by atoms with Crippen molar-refractivity contribution in [2.24, 2.45) is 7.05 Å². The predicted molar refractivity (Wildman–Crippen MR) is 76.8 cm³/mol. The van der Waals surface area contributed by atoms with E-state index in [2.05, 4.69) is 9.82 Å². The number of aromatic nitrogens is 2. The van der Waals surface area contributed by atoms with Crippen molar-refractivity contribution in [3.8, 4) is 0 Å². The molecule has 0 saturated carbocycles. The summed E-state index contributed by atoms with van der Waals surface area (Å²) in [6.45, 7) is 4.59. The third-order valence-corrected chi connectivity index (χ3v) is 5.32. The minimum Gasteiger partial charge on any atom is -0.381 e. The van der Waals surface area contributed by atoms with Gasteiger partial charge >= 0.3 is 10.2 Å². The van der Waals surface area contributed by atoms with E-state index in [-0.39, 0.29) is 6.10 Å². The van der Waals surface area contributed by atoms with Crippen LogP contribution >= 0.6 is 0 Å². The number of nitrogens with zero attached hydrogens (tertiary/aromatic N) is 3. The molecule has 20 heavy (non-hydrogen) atoms. The van der Waals surface area contributed by atoms with E-state index in [1.165, 1.54) is 4.31 Å². The number of aryl methyl sites for hydroxylation is 2. The Morgan fingerprint density at radius 2 is 1.90 bits per heavy atom. The molecular weight excluding hydrogens is 280 g/mol. The number of rotatable bonds is 4. The second kappa shape index (κ2) is 5.71. The molecule has 114 valence electrons. The molecule has 0 atom stereocenters. The predicted octanol–water partition coefficient (Wildman–Crippen LogP) is 0.804. The van der Waals surface area contributed by atoms with Crippen molar-refractivity contribution >= 4 is 15.9 Å². The number of hydrogen-bond acceptors (Lipinski definition) is 4. The van der Waals surface area contributed by atoms with E-state index in [1.807, 2.05) is 6.92 Å². The van der Waals surface area contributed by atoms with E-state index in [9.17, 15) is 8.42 Å². The Morgan fingerprint density at radius 1 is 1.30 bits per heavy atom. The van der Waals surface area contributed by atoms with Crippen LogP contribution in [0.1, 0.15) is 24.2 Å². The Morgan fingerprint density at radius 3 is 2.35 bits per heavy atom. The average Bonchev–Trinajstić information content (AvgIpc) is 2.65. The molecule has 2 rings (SSSR count). The van der Waals surface area contributed by atoms with Crippen LogP contribution in [0.2, 0.25) is 0 Å². The summed E-state index contributed by atoms with van der Waals surface area (Å²) >= 11 is 0. The SMILES string of the molecule is COC1CCN(S(=O)(=O)Nc2c(C)nn(C)c2C)CC1. The van der Waals surface area contributed by atoms with Crippen LogP contribution in [0.5, 0.6) is 0 Å². The summed E-state index contributed by atoms with van der Waals surface area (Å²) in [6, 6.07) is 0. The van der Waals surface area contributed by atoms with Gasteiger partial charge in [-0.05, 0) is 26.7 Å². The maximum atomic E-state index is 12.4. The van der Waals surface area contributed by atoms with Gasteiger partial charge in [-0.2, -0.15) is 17.8 Å². The van der Waals surface area contributed by atoms with Crippen LogP contribution in [0.3, 0.4) is 0 Å². The lowest BCUT2D eigenvalue weighted by molar-refractivity contribution is 0.0606. The molecule has 1 aliphatic heterocycles. The van der Waals surface area contributed by atoms with Crippen LogP contribution in [0.15, 0.2) is 0 Å². The number of methoxy groups -OCH3 is 1. The molecule has 0 unspecified atom stereocenters. The van der Waals surface area contributed by atoms with Gasteiger partial charge in [-0.3, -0.25) is 9.40 Å². The zero-order valence-corrected chi connectivity index (χ0v) is 13.2. The summed E-state index contributed by atoms with van der Waals surface area (Å²) in [6.07, 6.45) is 1.61. The van der Waals surface area contributed by atoms with Crippen molar-refractivity contribution in [2.75, 3.05) is 24.9 Å². The molecule has 0 aromatic carbocycles. The Hall–Kier alpha value is -1.12. The van der Waals surface area contributed by atoms with E-state index in [0.29, 0.717) is 24.5 Å². The minimum atomic E-state index is -3.53. The van der Waals surface area contributed by atoms with Crippen LogP contribution in [0.4, 0.5) is 5.69 Å². The third-order valence-electron chi connectivity index (χ3n) is 3.81. The lowest BCUT2D eigenvalue weighted by Crippen LogP contribution is -2.43. The van der Waals surface area contributed by atoms with Gasteiger partial charge in [0.2, 0.25) is 0 Å². The van der Waals surface area contributed by atoms with Crippen molar-refractivity contribution < 1.29 is 13.2 Å². The smallest absolute Gasteiger partial charge is 0.301 e. The molecule has 1 saturated heterocycles. The van der Waals surface area contributed by atoms with Gasteiger partial charge in [-0.15, -0.1) is 0 Å². The van der Waals surface area contributed by atoms with E-state index in [4.69, 9.17) is 4.74 Å². The molecule has 1 N–H and O–H groups in total. The number of anilines is 1. The molecule has 7 nitrogen and oxygen atoms in total. The highest BCUT2D eigenvalue weighted by atomic mass is 32.2. The van der Waals surface area contributed by atoms with Gasteiger partial charge < -0.3 is 4.74 Å². The maximum absolute atomic E-state index is 12.4. The van der Waals surface area contributed by atoms with Gasteiger partial charge in [-0.1, -0.05) is 0 Å². The normalized spacial score (nSPS) is 18.4. The molecule has 1 aromatic heterocycles. The number of hydrogen-bond donors (Lipinski definition) is 1. The lowest BCUT2D eigenvalue weighted by atomic mass is 10.1. The Bertz CT molecular complexity index is 574. The molecule has 0 radical (unpaired) electrons. The largest absolute Gasteiger partial charge is 0.381 e. The van der Waals surface area contributed by atoms with Crippen molar-refractivity contribution in [1.29, 1.82) is 0 Å². The Balaban J connectivity index is 2.12. The van der Waals surface area contributed by atoms with Crippen LogP contribution < -0.4 is 4.72 Å². The average molecular weight is 302 g/mol. The molecule has 1 fully saturated rings. The van der Waals surface area contributed by atoms with Gasteiger partial charge in [0.25, 0.3) is 0 Å². The summed E-state index contributed by atoms with van der Waals surface area (Å²) in [5.74, 6) is 0. The maximum Gasteiger partial charge on any atom is 0.301 e. The molecule has 1 aromatic rings. The highest BCUT2D eigenvalue weighted by Crippen LogP contribution is 2.23. The first-order valence-corrected chi connectivity index (χ1v) is 8.10. The number of nitrogens with one attached hydrogen (secondary N) is 1. The first-order chi connectivity index (χ1) is 9.35. The van der Waals surface area contributed by atoms with Crippen molar-refractivity contribution in [3.05, 3.63) is 11.4 Å². The molecule has 0 aliphatic carbocycles. The summed E-state index contributed by atoms with van der Waals surface area (Å²) in [5, 5.41) is 4.22. The molecule has 0 bridgehead atoms. The molecule has 8 heteroatoms. The fourth-order valence-corrected chi connectivity index (χ4v) is 3.80. The Labute approximate surface area is 120 Å². The first-order valence-electron chi connectivity index (χ1n) is 6.66. The van der Waals surface area contributed by atoms with Crippen molar-refractivity contribution in [3.63, 3.8) is 0 Å². The summed E-state index contributed by atoms with van der Waals surface area (Å²) in [4.78, 5) is 0. The second-order valence-electron chi connectivity index (χ2n) is 5.11. The topological polar surface area (TPSA) is 76.5 Å². The highest BCUT2D eigenvalue weighted by Gasteiger charge is 2.29. The number of ether oxygens (including phenoxy) is 1. The highest BCUT2D eigenvalue weighted by molar-refractivity contribution is 7.90. The third kappa shape index (κ3) is 2.97. The van der Waals surface area contributed by atoms with Gasteiger partial charge in [-0.25, -0.2) is 0 Å². The standard InChI is InChI=1S/C12H22N4O3S/c1-9-12(10(2)15(3)13-9)14-20(17,18)16-7-5-11(19-4)6-8-16/h11,14H,5-8H2,1-4H3. The fraction of sp³-hybridized carbons (Fsp3) is 0.750. The van der Waals surface area contributed by atoms with Gasteiger partial charge in [0.1, 0.15) is 0 Å². The second-order valence-corrected chi connectivity index (χ2v) is 6.78. The molecule has 2 heterocycles.